The second-order valence-electron chi connectivity index (χ2n) is 3.43. The number of hydrogen-bond donors (Lipinski definition) is 3. The van der Waals surface area contributed by atoms with Gasteiger partial charge in [0.25, 0.3) is 0 Å². The molecule has 0 aliphatic rings. The summed E-state index contributed by atoms with van der Waals surface area (Å²) >= 11 is 0. The number of hydrogen-bond acceptors (Lipinski definition) is 4. The fourth-order valence-electron chi connectivity index (χ4n) is 1.38. The zero-order chi connectivity index (χ0) is 12.1. The van der Waals surface area contributed by atoms with E-state index in [2.05, 4.69) is 0 Å². The van der Waals surface area contributed by atoms with Crippen molar-refractivity contribution in [1.82, 2.24) is 0 Å². The van der Waals surface area contributed by atoms with Crippen LogP contribution in [0.5, 0.6) is 0 Å². The largest absolute Gasteiger partial charge is 0.478 e. The van der Waals surface area contributed by atoms with Crippen LogP contribution in [0.3, 0.4) is 0 Å². The number of benzene rings is 1. The lowest BCUT2D eigenvalue weighted by molar-refractivity contribution is 0.0692. The van der Waals surface area contributed by atoms with E-state index >= 15 is 0 Å². The van der Waals surface area contributed by atoms with Gasteiger partial charge in [-0.05, 0) is 31.2 Å². The number of Topliss-reactive ketones (excluding diaryl/α,β-unsaturated/α-hetero) is 1. The average Bonchev–Trinajstić information content (AvgIpc) is 2.25. The van der Waals surface area contributed by atoms with Crippen LogP contribution in [0.25, 0.3) is 0 Å². The van der Waals surface area contributed by atoms with Gasteiger partial charge in [-0.2, -0.15) is 0 Å². The minimum Gasteiger partial charge on any atom is -0.478 e. The maximum atomic E-state index is 11.7. The number of rotatable bonds is 5. The number of nitrogen functional groups attached to an aromatic ring is 1. The standard InChI is InChI=1S/C11H14N2O3/c12-5-1-2-10(14)9-6-7(13)3-4-8(9)11(15)16/h3-4,6H,1-2,5,12-13H2,(H,15,16). The van der Waals surface area contributed by atoms with E-state index in [1.807, 2.05) is 0 Å². The van der Waals surface area contributed by atoms with Crippen LogP contribution < -0.4 is 11.5 Å². The van der Waals surface area contributed by atoms with Gasteiger partial charge in [0, 0.05) is 17.7 Å². The summed E-state index contributed by atoms with van der Waals surface area (Å²) in [5, 5.41) is 8.91. The van der Waals surface area contributed by atoms with Crippen LogP contribution in [-0.2, 0) is 0 Å². The fourth-order valence-corrected chi connectivity index (χ4v) is 1.38. The fraction of sp³-hybridized carbons (Fsp3) is 0.273. The number of ketones is 1. The van der Waals surface area contributed by atoms with Crippen LogP contribution >= 0.6 is 0 Å². The molecule has 5 nitrogen and oxygen atoms in total. The molecule has 1 rings (SSSR count). The zero-order valence-corrected chi connectivity index (χ0v) is 8.77. The molecule has 0 aromatic heterocycles. The highest BCUT2D eigenvalue weighted by Crippen LogP contribution is 2.16. The molecular formula is C11H14N2O3. The molecule has 0 unspecified atom stereocenters. The van der Waals surface area contributed by atoms with Crippen LogP contribution in [0, 0.1) is 0 Å². The SMILES string of the molecule is NCCCC(=O)c1cc(N)ccc1C(=O)O. The van der Waals surface area contributed by atoms with Gasteiger partial charge in [0.15, 0.2) is 5.78 Å². The highest BCUT2D eigenvalue weighted by Gasteiger charge is 2.16. The third kappa shape index (κ3) is 2.80. The molecule has 1 aromatic carbocycles. The number of carbonyl (C=O) groups is 2. The van der Waals surface area contributed by atoms with Crippen LogP contribution in [0.4, 0.5) is 5.69 Å². The first kappa shape index (κ1) is 12.2. The number of aromatic carboxylic acids is 1. The van der Waals surface area contributed by atoms with Gasteiger partial charge in [-0.15, -0.1) is 0 Å². The first-order valence-corrected chi connectivity index (χ1v) is 4.92. The normalized spacial score (nSPS) is 10.1. The number of carbonyl (C=O) groups excluding carboxylic acids is 1. The molecule has 0 aliphatic carbocycles. The number of nitrogens with two attached hydrogens (primary N) is 2. The Hall–Kier alpha value is -1.88. The molecule has 16 heavy (non-hydrogen) atoms. The van der Waals surface area contributed by atoms with Crippen molar-refractivity contribution in [1.29, 1.82) is 0 Å². The van der Waals surface area contributed by atoms with Gasteiger partial charge in [0.1, 0.15) is 0 Å². The molecule has 86 valence electrons. The van der Waals surface area contributed by atoms with E-state index in [0.29, 0.717) is 18.7 Å². The minimum atomic E-state index is -1.13. The van der Waals surface area contributed by atoms with E-state index in [1.54, 1.807) is 0 Å². The Bertz CT molecular complexity index is 416. The average molecular weight is 222 g/mol. The molecular weight excluding hydrogens is 208 g/mol. The Balaban J connectivity index is 3.04. The van der Waals surface area contributed by atoms with Crippen molar-refractivity contribution in [3.63, 3.8) is 0 Å². The van der Waals surface area contributed by atoms with E-state index in [1.165, 1.54) is 18.2 Å². The van der Waals surface area contributed by atoms with Crippen molar-refractivity contribution >= 4 is 17.4 Å². The van der Waals surface area contributed by atoms with E-state index in [0.717, 1.165) is 0 Å². The van der Waals surface area contributed by atoms with Crippen molar-refractivity contribution in [2.45, 2.75) is 12.8 Å². The van der Waals surface area contributed by atoms with Crippen molar-refractivity contribution in [2.75, 3.05) is 12.3 Å². The summed E-state index contributed by atoms with van der Waals surface area (Å²) in [6.07, 6.45) is 0.771. The summed E-state index contributed by atoms with van der Waals surface area (Å²) in [6, 6.07) is 4.19. The van der Waals surface area contributed by atoms with Crippen molar-refractivity contribution in [3.05, 3.63) is 29.3 Å². The summed E-state index contributed by atoms with van der Waals surface area (Å²) < 4.78 is 0. The molecule has 0 heterocycles. The quantitative estimate of drug-likeness (QED) is 0.506. The molecule has 0 spiro atoms. The molecule has 0 aliphatic heterocycles. The van der Waals surface area contributed by atoms with E-state index < -0.39 is 5.97 Å². The molecule has 0 saturated heterocycles. The Morgan fingerprint density at radius 1 is 1.25 bits per heavy atom. The highest BCUT2D eigenvalue weighted by molar-refractivity contribution is 6.06. The van der Waals surface area contributed by atoms with E-state index in [9.17, 15) is 9.59 Å². The molecule has 5 heteroatoms. The topological polar surface area (TPSA) is 106 Å². The van der Waals surface area contributed by atoms with Gasteiger partial charge in [-0.1, -0.05) is 0 Å². The number of carboxylic acids is 1. The summed E-state index contributed by atoms with van der Waals surface area (Å²) in [7, 11) is 0. The van der Waals surface area contributed by atoms with Gasteiger partial charge in [0.05, 0.1) is 5.56 Å². The predicted molar refractivity (Wildman–Crippen MR) is 60.4 cm³/mol. The Morgan fingerprint density at radius 2 is 1.94 bits per heavy atom. The molecule has 0 saturated carbocycles. The molecule has 0 atom stereocenters. The molecule has 5 N–H and O–H groups in total. The monoisotopic (exact) mass is 222 g/mol. The second-order valence-corrected chi connectivity index (χ2v) is 3.43. The van der Waals surface area contributed by atoms with Crippen LogP contribution in [-0.4, -0.2) is 23.4 Å². The summed E-state index contributed by atoms with van der Waals surface area (Å²) in [4.78, 5) is 22.6. The van der Waals surface area contributed by atoms with Crippen molar-refractivity contribution < 1.29 is 14.7 Å². The summed E-state index contributed by atoms with van der Waals surface area (Å²) in [6.45, 7) is 0.399. The van der Waals surface area contributed by atoms with Crippen molar-refractivity contribution in [3.8, 4) is 0 Å². The van der Waals surface area contributed by atoms with E-state index in [-0.39, 0.29) is 23.3 Å². The molecule has 0 fully saturated rings. The first-order chi connectivity index (χ1) is 7.56. The lowest BCUT2D eigenvalue weighted by Gasteiger charge is -2.05. The minimum absolute atomic E-state index is 0.0174. The lowest BCUT2D eigenvalue weighted by Crippen LogP contribution is -2.11. The van der Waals surface area contributed by atoms with Gasteiger partial charge >= 0.3 is 5.97 Å². The Kier molecular flexibility index (Phi) is 4.02. The maximum Gasteiger partial charge on any atom is 0.336 e. The highest BCUT2D eigenvalue weighted by atomic mass is 16.4. The molecule has 0 amide bonds. The molecule has 1 aromatic rings. The number of anilines is 1. The third-order valence-electron chi connectivity index (χ3n) is 2.18. The predicted octanol–water partition coefficient (Wildman–Crippen LogP) is 0.889. The lowest BCUT2D eigenvalue weighted by atomic mass is 10.00. The summed E-state index contributed by atoms with van der Waals surface area (Å²) in [5.74, 6) is -1.37. The van der Waals surface area contributed by atoms with E-state index in [4.69, 9.17) is 16.6 Å². The zero-order valence-electron chi connectivity index (χ0n) is 8.77. The number of carboxylic acid groups (broad SMARTS) is 1. The van der Waals surface area contributed by atoms with Gasteiger partial charge in [-0.3, -0.25) is 4.79 Å². The summed E-state index contributed by atoms with van der Waals surface area (Å²) in [5.41, 5.74) is 11.3. The van der Waals surface area contributed by atoms with Gasteiger partial charge in [0.2, 0.25) is 0 Å². The van der Waals surface area contributed by atoms with Gasteiger partial charge in [-0.25, -0.2) is 4.79 Å². The van der Waals surface area contributed by atoms with Crippen LogP contribution in [0.15, 0.2) is 18.2 Å². The molecule has 0 radical (unpaired) electrons. The van der Waals surface area contributed by atoms with Crippen molar-refractivity contribution in [2.24, 2.45) is 5.73 Å². The van der Waals surface area contributed by atoms with Crippen LogP contribution in [0.2, 0.25) is 0 Å². The Labute approximate surface area is 93.1 Å². The van der Waals surface area contributed by atoms with Crippen LogP contribution in [0.1, 0.15) is 33.6 Å². The first-order valence-electron chi connectivity index (χ1n) is 4.92. The van der Waals surface area contributed by atoms with Gasteiger partial charge < -0.3 is 16.6 Å². The molecule has 0 bridgehead atoms. The second kappa shape index (κ2) is 5.27. The Morgan fingerprint density at radius 3 is 2.50 bits per heavy atom. The third-order valence-corrected chi connectivity index (χ3v) is 2.18. The maximum absolute atomic E-state index is 11.7. The smallest absolute Gasteiger partial charge is 0.336 e.